The van der Waals surface area contributed by atoms with Crippen LogP contribution < -0.4 is 0 Å². The number of hydrogen-bond acceptors (Lipinski definition) is 7. The maximum atomic E-state index is 13.0. The van der Waals surface area contributed by atoms with E-state index in [0.29, 0.717) is 37.2 Å². The highest BCUT2D eigenvalue weighted by molar-refractivity contribution is 7.89. The van der Waals surface area contributed by atoms with Crippen LogP contribution in [0.5, 0.6) is 0 Å². The number of fused-ring (bicyclic) bond motifs is 1. The Hall–Kier alpha value is -1.62. The number of sulfonamides is 1. The zero-order chi connectivity index (χ0) is 17.6. The molecule has 1 aromatic heterocycles. The first-order chi connectivity index (χ1) is 12.0. The van der Waals surface area contributed by atoms with Crippen molar-refractivity contribution in [3.63, 3.8) is 0 Å². The zero-order valence-electron chi connectivity index (χ0n) is 13.8. The Morgan fingerprint density at radius 1 is 1.12 bits per heavy atom. The minimum absolute atomic E-state index is 0.110. The molecule has 0 aliphatic carbocycles. The van der Waals surface area contributed by atoms with Crippen molar-refractivity contribution in [1.82, 2.24) is 22.9 Å². The molecule has 4 rings (SSSR count). The van der Waals surface area contributed by atoms with Crippen LogP contribution in [0.4, 0.5) is 0 Å². The van der Waals surface area contributed by atoms with E-state index < -0.39 is 10.0 Å². The minimum atomic E-state index is -3.61. The lowest BCUT2D eigenvalue weighted by Crippen LogP contribution is -2.53. The van der Waals surface area contributed by atoms with Crippen LogP contribution in [-0.4, -0.2) is 83.0 Å². The Kier molecular flexibility index (Phi) is 4.22. The average molecular weight is 381 g/mol. The second kappa shape index (κ2) is 6.27. The molecular formula is C15H19N5O3S2. The fourth-order valence-corrected chi connectivity index (χ4v) is 5.70. The van der Waals surface area contributed by atoms with Crippen LogP contribution >= 0.6 is 11.7 Å². The summed E-state index contributed by atoms with van der Waals surface area (Å²) >= 11 is 1.01. The molecule has 25 heavy (non-hydrogen) atoms. The molecule has 1 atom stereocenters. The van der Waals surface area contributed by atoms with Crippen molar-refractivity contribution >= 4 is 38.7 Å². The number of amides is 1. The van der Waals surface area contributed by atoms with Gasteiger partial charge < -0.3 is 4.90 Å². The SMILES string of the molecule is CN1CCC(N2CCN(S(=O)(=O)c3cccc4nsnc34)CC2)C1=O. The zero-order valence-corrected chi connectivity index (χ0v) is 15.5. The van der Waals surface area contributed by atoms with Gasteiger partial charge in [0.1, 0.15) is 15.9 Å². The van der Waals surface area contributed by atoms with Crippen LogP contribution in [0.1, 0.15) is 6.42 Å². The molecule has 2 aliphatic heterocycles. The monoisotopic (exact) mass is 381 g/mol. The van der Waals surface area contributed by atoms with Crippen LogP contribution in [0.25, 0.3) is 11.0 Å². The van der Waals surface area contributed by atoms with Crippen LogP contribution in [-0.2, 0) is 14.8 Å². The van der Waals surface area contributed by atoms with E-state index in [9.17, 15) is 13.2 Å². The summed E-state index contributed by atoms with van der Waals surface area (Å²) in [5.41, 5.74) is 1.03. The van der Waals surface area contributed by atoms with Gasteiger partial charge in [-0.25, -0.2) is 8.42 Å². The van der Waals surface area contributed by atoms with Crippen LogP contribution in [0.15, 0.2) is 23.1 Å². The van der Waals surface area contributed by atoms with Crippen LogP contribution in [0.3, 0.4) is 0 Å². The fourth-order valence-electron chi connectivity index (χ4n) is 3.53. The molecule has 0 N–H and O–H groups in total. The molecule has 1 aromatic carbocycles. The van der Waals surface area contributed by atoms with Crippen molar-refractivity contribution in [1.29, 1.82) is 0 Å². The highest BCUT2D eigenvalue weighted by Gasteiger charge is 2.38. The topological polar surface area (TPSA) is 86.7 Å². The lowest BCUT2D eigenvalue weighted by atomic mass is 10.2. The van der Waals surface area contributed by atoms with Gasteiger partial charge in [-0.3, -0.25) is 9.69 Å². The Bertz CT molecular complexity index is 905. The highest BCUT2D eigenvalue weighted by atomic mass is 32.2. The predicted octanol–water partition coefficient (Wildman–Crippen LogP) is 0.228. The molecule has 2 aromatic rings. The normalized spacial score (nSPS) is 23.6. The molecule has 134 valence electrons. The van der Waals surface area contributed by atoms with E-state index in [0.717, 1.165) is 24.7 Å². The number of benzene rings is 1. The molecular weight excluding hydrogens is 362 g/mol. The largest absolute Gasteiger partial charge is 0.344 e. The van der Waals surface area contributed by atoms with E-state index in [2.05, 4.69) is 13.6 Å². The molecule has 2 saturated heterocycles. The van der Waals surface area contributed by atoms with Crippen molar-refractivity contribution in [3.05, 3.63) is 18.2 Å². The molecule has 1 unspecified atom stereocenters. The van der Waals surface area contributed by atoms with Gasteiger partial charge in [-0.2, -0.15) is 13.1 Å². The van der Waals surface area contributed by atoms with Gasteiger partial charge in [0.15, 0.2) is 0 Å². The van der Waals surface area contributed by atoms with Gasteiger partial charge in [-0.05, 0) is 18.6 Å². The molecule has 3 heterocycles. The van der Waals surface area contributed by atoms with Crippen molar-refractivity contribution < 1.29 is 13.2 Å². The molecule has 2 fully saturated rings. The van der Waals surface area contributed by atoms with Crippen molar-refractivity contribution in [2.75, 3.05) is 39.8 Å². The number of piperazine rings is 1. The summed E-state index contributed by atoms with van der Waals surface area (Å²) in [6.45, 7) is 2.65. The molecule has 1 amide bonds. The number of hydrogen-bond donors (Lipinski definition) is 0. The first-order valence-electron chi connectivity index (χ1n) is 8.19. The Morgan fingerprint density at radius 2 is 1.88 bits per heavy atom. The predicted molar refractivity (Wildman–Crippen MR) is 93.8 cm³/mol. The number of rotatable bonds is 3. The van der Waals surface area contributed by atoms with Gasteiger partial charge in [0.25, 0.3) is 0 Å². The standard InChI is InChI=1S/C15H19N5O3S2/c1-18-6-5-12(15(18)21)19-7-9-20(10-8-19)25(22,23)13-4-2-3-11-14(13)17-24-16-11/h2-4,12H,5-10H2,1H3. The lowest BCUT2D eigenvalue weighted by Gasteiger charge is -2.36. The molecule has 0 spiro atoms. The van der Waals surface area contributed by atoms with E-state index >= 15 is 0 Å². The third kappa shape index (κ3) is 2.82. The summed E-state index contributed by atoms with van der Waals surface area (Å²) in [6.07, 6.45) is 0.811. The molecule has 0 saturated carbocycles. The van der Waals surface area contributed by atoms with Gasteiger partial charge in [0, 0.05) is 39.8 Å². The van der Waals surface area contributed by atoms with Gasteiger partial charge >= 0.3 is 0 Å². The first-order valence-corrected chi connectivity index (χ1v) is 10.4. The summed E-state index contributed by atoms with van der Waals surface area (Å²) in [5, 5.41) is 0. The molecule has 8 nitrogen and oxygen atoms in total. The third-order valence-corrected chi connectivity index (χ3v) is 7.45. The Labute approximate surface area is 150 Å². The molecule has 0 radical (unpaired) electrons. The van der Waals surface area contributed by atoms with E-state index in [1.54, 1.807) is 23.1 Å². The summed E-state index contributed by atoms with van der Waals surface area (Å²) in [7, 11) is -1.80. The van der Waals surface area contributed by atoms with Crippen LogP contribution in [0, 0.1) is 0 Å². The quantitative estimate of drug-likeness (QED) is 0.756. The smallest absolute Gasteiger partial charge is 0.245 e. The maximum absolute atomic E-state index is 13.0. The van der Waals surface area contributed by atoms with Crippen molar-refractivity contribution in [3.8, 4) is 0 Å². The van der Waals surface area contributed by atoms with Crippen molar-refractivity contribution in [2.45, 2.75) is 17.4 Å². The number of nitrogens with zero attached hydrogens (tertiary/aromatic N) is 5. The Balaban J connectivity index is 1.52. The van der Waals surface area contributed by atoms with E-state index in [1.807, 2.05) is 7.05 Å². The molecule has 10 heteroatoms. The number of aromatic nitrogens is 2. The minimum Gasteiger partial charge on any atom is -0.344 e. The number of carbonyl (C=O) groups is 1. The van der Waals surface area contributed by atoms with E-state index in [-0.39, 0.29) is 16.8 Å². The molecule has 0 bridgehead atoms. The number of carbonyl (C=O) groups excluding carboxylic acids is 1. The first kappa shape index (κ1) is 16.8. The Morgan fingerprint density at radius 3 is 2.56 bits per heavy atom. The average Bonchev–Trinajstić information content (AvgIpc) is 3.22. The summed E-state index contributed by atoms with van der Waals surface area (Å²) < 4.78 is 35.8. The molecule has 2 aliphatic rings. The maximum Gasteiger partial charge on any atom is 0.245 e. The van der Waals surface area contributed by atoms with Crippen molar-refractivity contribution in [2.24, 2.45) is 0 Å². The van der Waals surface area contributed by atoms with E-state index in [1.165, 1.54) is 4.31 Å². The summed E-state index contributed by atoms with van der Waals surface area (Å²) in [5.74, 6) is 0.134. The second-order valence-corrected chi connectivity index (χ2v) is 8.83. The summed E-state index contributed by atoms with van der Waals surface area (Å²) in [6, 6.07) is 4.93. The highest BCUT2D eigenvalue weighted by Crippen LogP contribution is 2.26. The summed E-state index contributed by atoms with van der Waals surface area (Å²) in [4.78, 5) is 16.2. The number of likely N-dealkylation sites (N-methyl/N-ethyl adjacent to an activating group) is 1. The van der Waals surface area contributed by atoms with Gasteiger partial charge in [-0.15, -0.1) is 0 Å². The van der Waals surface area contributed by atoms with Gasteiger partial charge in [0.05, 0.1) is 17.8 Å². The van der Waals surface area contributed by atoms with E-state index in [4.69, 9.17) is 0 Å². The van der Waals surface area contributed by atoms with Gasteiger partial charge in [-0.1, -0.05) is 6.07 Å². The third-order valence-electron chi connectivity index (χ3n) is 4.98. The fraction of sp³-hybridized carbons (Fsp3) is 0.533. The van der Waals surface area contributed by atoms with Gasteiger partial charge in [0.2, 0.25) is 15.9 Å². The number of likely N-dealkylation sites (tertiary alicyclic amines) is 1. The second-order valence-electron chi connectivity index (χ2n) is 6.39. The lowest BCUT2D eigenvalue weighted by molar-refractivity contribution is -0.131. The van der Waals surface area contributed by atoms with Crippen LogP contribution in [0.2, 0.25) is 0 Å².